The molecule has 2 aromatic carbocycles. The molecule has 0 amide bonds. The number of ether oxygens (including phenoxy) is 2. The highest BCUT2D eigenvalue weighted by molar-refractivity contribution is 5.82. The Morgan fingerprint density at radius 2 is 1.88 bits per heavy atom. The molecule has 0 saturated heterocycles. The third-order valence-electron chi connectivity index (χ3n) is 3.75. The standard InChI is InChI=1S/C19H15N3O3/c1-23-16-6-2-3-7-17(16)24-12-18-21-19(22-25-18)14-8-9-15-13(11-14)5-4-10-20-15/h2-11H,12H2,1H3. The van der Waals surface area contributed by atoms with Gasteiger partial charge in [0, 0.05) is 17.1 Å². The molecule has 0 aliphatic rings. The van der Waals surface area contributed by atoms with Crippen LogP contribution in [0.25, 0.3) is 22.3 Å². The monoisotopic (exact) mass is 333 g/mol. The zero-order chi connectivity index (χ0) is 17.1. The highest BCUT2D eigenvalue weighted by Crippen LogP contribution is 2.27. The molecule has 0 aliphatic heterocycles. The van der Waals surface area contributed by atoms with Gasteiger partial charge in [-0.2, -0.15) is 4.98 Å². The highest BCUT2D eigenvalue weighted by Gasteiger charge is 2.11. The van der Waals surface area contributed by atoms with E-state index in [9.17, 15) is 0 Å². The van der Waals surface area contributed by atoms with Crippen LogP contribution in [0, 0.1) is 0 Å². The van der Waals surface area contributed by atoms with Crippen LogP contribution in [-0.2, 0) is 6.61 Å². The Bertz CT molecular complexity index is 1010. The Labute approximate surface area is 144 Å². The van der Waals surface area contributed by atoms with Gasteiger partial charge in [0.1, 0.15) is 0 Å². The summed E-state index contributed by atoms with van der Waals surface area (Å²) in [5.41, 5.74) is 1.79. The van der Waals surface area contributed by atoms with E-state index in [-0.39, 0.29) is 6.61 Å². The van der Waals surface area contributed by atoms with Crippen molar-refractivity contribution in [1.82, 2.24) is 15.1 Å². The third-order valence-corrected chi connectivity index (χ3v) is 3.75. The summed E-state index contributed by atoms with van der Waals surface area (Å²) >= 11 is 0. The molecule has 6 nitrogen and oxygen atoms in total. The molecule has 6 heteroatoms. The second-order valence-corrected chi connectivity index (χ2v) is 5.36. The third kappa shape index (κ3) is 3.14. The fourth-order valence-corrected chi connectivity index (χ4v) is 2.52. The molecule has 0 saturated carbocycles. The molecule has 0 spiro atoms. The maximum atomic E-state index is 5.70. The first-order chi connectivity index (χ1) is 12.3. The molecular formula is C19H15N3O3. The summed E-state index contributed by atoms with van der Waals surface area (Å²) in [7, 11) is 1.60. The van der Waals surface area contributed by atoms with Crippen molar-refractivity contribution < 1.29 is 14.0 Å². The van der Waals surface area contributed by atoms with Crippen LogP contribution in [0.4, 0.5) is 0 Å². The number of aromatic nitrogens is 3. The summed E-state index contributed by atoms with van der Waals surface area (Å²) in [6.07, 6.45) is 1.77. The van der Waals surface area contributed by atoms with Crippen LogP contribution >= 0.6 is 0 Å². The molecule has 124 valence electrons. The maximum absolute atomic E-state index is 5.70. The van der Waals surface area contributed by atoms with Crippen molar-refractivity contribution in [3.05, 3.63) is 66.7 Å². The van der Waals surface area contributed by atoms with Gasteiger partial charge in [-0.1, -0.05) is 23.4 Å². The summed E-state index contributed by atoms with van der Waals surface area (Å²) in [5.74, 6) is 2.20. The van der Waals surface area contributed by atoms with Crippen LogP contribution in [0.1, 0.15) is 5.89 Å². The van der Waals surface area contributed by atoms with Crippen molar-refractivity contribution in [2.24, 2.45) is 0 Å². The van der Waals surface area contributed by atoms with E-state index in [2.05, 4.69) is 15.1 Å². The van der Waals surface area contributed by atoms with Crippen LogP contribution in [-0.4, -0.2) is 22.2 Å². The average Bonchev–Trinajstić information content (AvgIpc) is 3.15. The number of hydrogen-bond acceptors (Lipinski definition) is 6. The first-order valence-corrected chi connectivity index (χ1v) is 7.77. The maximum Gasteiger partial charge on any atom is 0.264 e. The van der Waals surface area contributed by atoms with E-state index in [1.807, 2.05) is 54.6 Å². The summed E-state index contributed by atoms with van der Waals surface area (Å²) in [6, 6.07) is 17.1. The number of nitrogens with zero attached hydrogens (tertiary/aromatic N) is 3. The molecule has 0 unspecified atom stereocenters. The number of methoxy groups -OCH3 is 1. The Morgan fingerprint density at radius 1 is 1.00 bits per heavy atom. The minimum absolute atomic E-state index is 0.169. The minimum Gasteiger partial charge on any atom is -0.493 e. The van der Waals surface area contributed by atoms with Gasteiger partial charge in [-0.25, -0.2) is 0 Å². The van der Waals surface area contributed by atoms with Crippen molar-refractivity contribution >= 4 is 10.9 Å². The van der Waals surface area contributed by atoms with E-state index in [4.69, 9.17) is 14.0 Å². The highest BCUT2D eigenvalue weighted by atomic mass is 16.5. The molecule has 2 heterocycles. The smallest absolute Gasteiger partial charge is 0.264 e. The zero-order valence-corrected chi connectivity index (χ0v) is 13.5. The first kappa shape index (κ1) is 15.1. The second-order valence-electron chi connectivity index (χ2n) is 5.36. The lowest BCUT2D eigenvalue weighted by Gasteiger charge is -2.07. The quantitative estimate of drug-likeness (QED) is 0.552. The number of pyridine rings is 1. The van der Waals surface area contributed by atoms with E-state index >= 15 is 0 Å². The van der Waals surface area contributed by atoms with Gasteiger partial charge in [0.15, 0.2) is 18.1 Å². The molecule has 25 heavy (non-hydrogen) atoms. The molecule has 0 bridgehead atoms. The molecule has 4 rings (SSSR count). The summed E-state index contributed by atoms with van der Waals surface area (Å²) in [4.78, 5) is 8.70. The molecule has 4 aromatic rings. The van der Waals surface area contributed by atoms with Gasteiger partial charge in [-0.15, -0.1) is 0 Å². The van der Waals surface area contributed by atoms with Crippen LogP contribution in [0.3, 0.4) is 0 Å². The van der Waals surface area contributed by atoms with Crippen LogP contribution in [0.5, 0.6) is 11.5 Å². The van der Waals surface area contributed by atoms with Crippen molar-refractivity contribution in [1.29, 1.82) is 0 Å². The predicted molar refractivity (Wildman–Crippen MR) is 92.4 cm³/mol. The molecule has 0 radical (unpaired) electrons. The molecular weight excluding hydrogens is 318 g/mol. The lowest BCUT2D eigenvalue weighted by Crippen LogP contribution is -1.97. The second kappa shape index (κ2) is 6.60. The van der Waals surface area contributed by atoms with Crippen LogP contribution in [0.2, 0.25) is 0 Å². The first-order valence-electron chi connectivity index (χ1n) is 7.77. The minimum atomic E-state index is 0.169. The number of rotatable bonds is 5. The number of hydrogen-bond donors (Lipinski definition) is 0. The Hall–Kier alpha value is -3.41. The summed E-state index contributed by atoms with van der Waals surface area (Å²) in [6.45, 7) is 0.169. The van der Waals surface area contributed by atoms with E-state index in [1.54, 1.807) is 13.3 Å². The molecule has 2 aromatic heterocycles. The van der Waals surface area contributed by atoms with Gasteiger partial charge in [0.2, 0.25) is 5.82 Å². The molecule has 0 atom stereocenters. The average molecular weight is 333 g/mol. The SMILES string of the molecule is COc1ccccc1OCc1nc(-c2ccc3ncccc3c2)no1. The fraction of sp³-hybridized carbons (Fsp3) is 0.105. The van der Waals surface area contributed by atoms with Gasteiger partial charge in [-0.05, 0) is 36.4 Å². The number of benzene rings is 2. The lowest BCUT2D eigenvalue weighted by molar-refractivity contribution is 0.233. The summed E-state index contributed by atoms with van der Waals surface area (Å²) in [5, 5.41) is 5.05. The van der Waals surface area contributed by atoms with Crippen molar-refractivity contribution in [3.63, 3.8) is 0 Å². The lowest BCUT2D eigenvalue weighted by atomic mass is 10.1. The Kier molecular flexibility index (Phi) is 4.00. The van der Waals surface area contributed by atoms with E-state index in [1.165, 1.54) is 0 Å². The number of para-hydroxylation sites is 2. The normalized spacial score (nSPS) is 10.8. The van der Waals surface area contributed by atoms with Gasteiger partial charge >= 0.3 is 0 Å². The molecule has 0 N–H and O–H groups in total. The Morgan fingerprint density at radius 3 is 2.76 bits per heavy atom. The summed E-state index contributed by atoms with van der Waals surface area (Å²) < 4.78 is 16.2. The van der Waals surface area contributed by atoms with Gasteiger partial charge in [0.05, 0.1) is 12.6 Å². The van der Waals surface area contributed by atoms with Crippen molar-refractivity contribution in [3.8, 4) is 22.9 Å². The van der Waals surface area contributed by atoms with E-state index < -0.39 is 0 Å². The van der Waals surface area contributed by atoms with Gasteiger partial charge in [0.25, 0.3) is 5.89 Å². The van der Waals surface area contributed by atoms with Crippen LogP contribution < -0.4 is 9.47 Å². The topological polar surface area (TPSA) is 70.3 Å². The molecule has 0 aliphatic carbocycles. The Balaban J connectivity index is 1.53. The predicted octanol–water partition coefficient (Wildman–Crippen LogP) is 3.87. The van der Waals surface area contributed by atoms with Crippen molar-refractivity contribution in [2.45, 2.75) is 6.61 Å². The fourth-order valence-electron chi connectivity index (χ4n) is 2.52. The van der Waals surface area contributed by atoms with Crippen LogP contribution in [0.15, 0.2) is 65.3 Å². The largest absolute Gasteiger partial charge is 0.493 e. The van der Waals surface area contributed by atoms with E-state index in [0.717, 1.165) is 16.5 Å². The van der Waals surface area contributed by atoms with Gasteiger partial charge < -0.3 is 14.0 Å². The zero-order valence-electron chi connectivity index (χ0n) is 13.5. The van der Waals surface area contributed by atoms with E-state index in [0.29, 0.717) is 23.2 Å². The van der Waals surface area contributed by atoms with Crippen molar-refractivity contribution in [2.75, 3.05) is 7.11 Å². The number of fused-ring (bicyclic) bond motifs is 1. The molecule has 0 fully saturated rings. The van der Waals surface area contributed by atoms with Gasteiger partial charge in [-0.3, -0.25) is 4.98 Å².